The first-order valence-electron chi connectivity index (χ1n) is 5.17. The third-order valence-electron chi connectivity index (χ3n) is 2.39. The van der Waals surface area contributed by atoms with Gasteiger partial charge in [-0.3, -0.25) is 0 Å². The highest BCUT2D eigenvalue weighted by Gasteiger charge is 2.13. The first-order chi connectivity index (χ1) is 8.74. The molecule has 2 aromatic heterocycles. The molecule has 0 saturated carbocycles. The molecular formula is C12H8BrN3OS. The lowest BCUT2D eigenvalue weighted by Crippen LogP contribution is -1.87. The Bertz CT molecular complexity index is 678. The van der Waals surface area contributed by atoms with Gasteiger partial charge in [-0.2, -0.15) is 4.98 Å². The summed E-state index contributed by atoms with van der Waals surface area (Å²) >= 11 is 5.01. The lowest BCUT2D eigenvalue weighted by atomic mass is 10.2. The Morgan fingerprint density at radius 1 is 1.28 bits per heavy atom. The number of rotatable bonds is 2. The Hall–Kier alpha value is -1.66. The van der Waals surface area contributed by atoms with Crippen LogP contribution in [0.4, 0.5) is 5.69 Å². The zero-order valence-electron chi connectivity index (χ0n) is 9.13. The number of nitrogens with zero attached hydrogens (tertiary/aromatic N) is 2. The number of nitrogens with two attached hydrogens (primary N) is 1. The molecule has 0 atom stereocenters. The van der Waals surface area contributed by atoms with Crippen LogP contribution in [-0.2, 0) is 0 Å². The van der Waals surface area contributed by atoms with Crippen LogP contribution in [0.15, 0.2) is 44.7 Å². The zero-order valence-corrected chi connectivity index (χ0v) is 11.5. The second-order valence-corrected chi connectivity index (χ2v) is 5.44. The average molecular weight is 322 g/mol. The molecule has 0 aliphatic carbocycles. The lowest BCUT2D eigenvalue weighted by Gasteiger charge is -1.99. The van der Waals surface area contributed by atoms with E-state index in [4.69, 9.17) is 10.3 Å². The number of hydrogen-bond donors (Lipinski definition) is 1. The number of anilines is 1. The molecule has 4 nitrogen and oxygen atoms in total. The third kappa shape index (κ3) is 2.04. The van der Waals surface area contributed by atoms with Gasteiger partial charge in [0.1, 0.15) is 0 Å². The SMILES string of the molecule is Nc1ccc(Br)c(-c2nc(-c3cccs3)no2)c1. The highest BCUT2D eigenvalue weighted by atomic mass is 79.9. The second-order valence-electron chi connectivity index (χ2n) is 3.64. The van der Waals surface area contributed by atoms with Crippen molar-refractivity contribution in [1.82, 2.24) is 10.1 Å². The van der Waals surface area contributed by atoms with Gasteiger partial charge in [-0.05, 0) is 45.6 Å². The fourth-order valence-electron chi connectivity index (χ4n) is 1.55. The van der Waals surface area contributed by atoms with Gasteiger partial charge in [0.05, 0.1) is 10.4 Å². The van der Waals surface area contributed by atoms with Crippen molar-refractivity contribution in [2.45, 2.75) is 0 Å². The maximum Gasteiger partial charge on any atom is 0.259 e. The predicted molar refractivity (Wildman–Crippen MR) is 75.2 cm³/mol. The van der Waals surface area contributed by atoms with E-state index < -0.39 is 0 Å². The number of halogens is 1. The van der Waals surface area contributed by atoms with Crippen LogP contribution < -0.4 is 5.73 Å². The fourth-order valence-corrected chi connectivity index (χ4v) is 2.61. The van der Waals surface area contributed by atoms with Crippen molar-refractivity contribution in [3.63, 3.8) is 0 Å². The molecule has 0 spiro atoms. The molecule has 2 heterocycles. The fraction of sp³-hybridized carbons (Fsp3) is 0. The summed E-state index contributed by atoms with van der Waals surface area (Å²) in [5.41, 5.74) is 7.21. The molecule has 3 rings (SSSR count). The van der Waals surface area contributed by atoms with Gasteiger partial charge in [0.25, 0.3) is 5.89 Å². The van der Waals surface area contributed by atoms with Crippen LogP contribution in [0.3, 0.4) is 0 Å². The predicted octanol–water partition coefficient (Wildman–Crippen LogP) is 3.81. The van der Waals surface area contributed by atoms with Gasteiger partial charge in [-0.15, -0.1) is 11.3 Å². The van der Waals surface area contributed by atoms with Gasteiger partial charge < -0.3 is 10.3 Å². The molecular weight excluding hydrogens is 314 g/mol. The Labute approximate surface area is 116 Å². The molecule has 0 saturated heterocycles. The quantitative estimate of drug-likeness (QED) is 0.729. The molecule has 0 bridgehead atoms. The first kappa shape index (κ1) is 11.4. The van der Waals surface area contributed by atoms with Crippen LogP contribution in [0.5, 0.6) is 0 Å². The molecule has 0 unspecified atom stereocenters. The van der Waals surface area contributed by atoms with Crippen molar-refractivity contribution in [2.75, 3.05) is 5.73 Å². The maximum atomic E-state index is 5.76. The Balaban J connectivity index is 2.05. The largest absolute Gasteiger partial charge is 0.399 e. The molecule has 18 heavy (non-hydrogen) atoms. The summed E-state index contributed by atoms with van der Waals surface area (Å²) in [7, 11) is 0. The van der Waals surface area contributed by atoms with Crippen molar-refractivity contribution >= 4 is 33.0 Å². The molecule has 0 aliphatic rings. The number of aromatic nitrogens is 2. The molecule has 90 valence electrons. The number of nitrogen functional groups attached to an aromatic ring is 1. The van der Waals surface area contributed by atoms with Crippen LogP contribution in [0.1, 0.15) is 0 Å². The van der Waals surface area contributed by atoms with E-state index in [9.17, 15) is 0 Å². The molecule has 0 aliphatic heterocycles. The summed E-state index contributed by atoms with van der Waals surface area (Å²) in [4.78, 5) is 5.35. The minimum absolute atomic E-state index is 0.456. The van der Waals surface area contributed by atoms with Gasteiger partial charge >= 0.3 is 0 Å². The van der Waals surface area contributed by atoms with Crippen LogP contribution >= 0.6 is 27.3 Å². The monoisotopic (exact) mass is 321 g/mol. The van der Waals surface area contributed by atoms with Gasteiger partial charge in [0.2, 0.25) is 5.82 Å². The highest BCUT2D eigenvalue weighted by Crippen LogP contribution is 2.31. The maximum absolute atomic E-state index is 5.76. The van der Waals surface area contributed by atoms with Gasteiger partial charge in [-0.1, -0.05) is 11.2 Å². The first-order valence-corrected chi connectivity index (χ1v) is 6.84. The molecule has 3 aromatic rings. The third-order valence-corrected chi connectivity index (χ3v) is 3.95. The lowest BCUT2D eigenvalue weighted by molar-refractivity contribution is 0.432. The van der Waals surface area contributed by atoms with E-state index in [2.05, 4.69) is 26.1 Å². The van der Waals surface area contributed by atoms with E-state index in [1.165, 1.54) is 0 Å². The molecule has 6 heteroatoms. The van der Waals surface area contributed by atoms with Gasteiger partial charge in [-0.25, -0.2) is 0 Å². The normalized spacial score (nSPS) is 10.7. The van der Waals surface area contributed by atoms with E-state index in [-0.39, 0.29) is 0 Å². The van der Waals surface area contributed by atoms with Crippen LogP contribution in [0, 0.1) is 0 Å². The van der Waals surface area contributed by atoms with E-state index in [1.54, 1.807) is 17.4 Å². The standard InChI is InChI=1S/C12H8BrN3OS/c13-9-4-3-7(14)6-8(9)12-15-11(16-17-12)10-2-1-5-18-10/h1-6H,14H2. The van der Waals surface area contributed by atoms with E-state index in [0.29, 0.717) is 17.4 Å². The van der Waals surface area contributed by atoms with Crippen molar-refractivity contribution in [1.29, 1.82) is 0 Å². The average Bonchev–Trinajstić information content (AvgIpc) is 3.00. The van der Waals surface area contributed by atoms with Crippen molar-refractivity contribution < 1.29 is 4.52 Å². The zero-order chi connectivity index (χ0) is 12.5. The van der Waals surface area contributed by atoms with E-state index in [1.807, 2.05) is 29.6 Å². The Morgan fingerprint density at radius 3 is 2.94 bits per heavy atom. The summed E-state index contributed by atoms with van der Waals surface area (Å²) in [6.07, 6.45) is 0. The number of hydrogen-bond acceptors (Lipinski definition) is 5. The Kier molecular flexibility index (Phi) is 2.89. The topological polar surface area (TPSA) is 64.9 Å². The molecule has 0 fully saturated rings. The number of benzene rings is 1. The summed E-state index contributed by atoms with van der Waals surface area (Å²) < 4.78 is 6.14. The van der Waals surface area contributed by atoms with E-state index in [0.717, 1.165) is 14.9 Å². The number of thiophene rings is 1. The van der Waals surface area contributed by atoms with Crippen LogP contribution in [0.25, 0.3) is 22.2 Å². The van der Waals surface area contributed by atoms with Gasteiger partial charge in [0.15, 0.2) is 0 Å². The molecule has 2 N–H and O–H groups in total. The molecule has 1 aromatic carbocycles. The van der Waals surface area contributed by atoms with E-state index >= 15 is 0 Å². The Morgan fingerprint density at radius 2 is 2.17 bits per heavy atom. The minimum Gasteiger partial charge on any atom is -0.399 e. The molecule has 0 amide bonds. The summed E-state index contributed by atoms with van der Waals surface area (Å²) in [5, 5.41) is 5.94. The summed E-state index contributed by atoms with van der Waals surface area (Å²) in [6, 6.07) is 9.37. The van der Waals surface area contributed by atoms with Crippen LogP contribution in [-0.4, -0.2) is 10.1 Å². The van der Waals surface area contributed by atoms with Crippen molar-refractivity contribution in [3.05, 3.63) is 40.2 Å². The minimum atomic E-state index is 0.456. The second kappa shape index (κ2) is 4.55. The highest BCUT2D eigenvalue weighted by molar-refractivity contribution is 9.10. The molecule has 0 radical (unpaired) electrons. The van der Waals surface area contributed by atoms with Crippen molar-refractivity contribution in [3.8, 4) is 22.2 Å². The summed E-state index contributed by atoms with van der Waals surface area (Å²) in [6.45, 7) is 0. The summed E-state index contributed by atoms with van der Waals surface area (Å²) in [5.74, 6) is 1.05. The van der Waals surface area contributed by atoms with Crippen molar-refractivity contribution in [2.24, 2.45) is 0 Å². The van der Waals surface area contributed by atoms with Gasteiger partial charge in [0, 0.05) is 10.2 Å². The van der Waals surface area contributed by atoms with Crippen LogP contribution in [0.2, 0.25) is 0 Å². The smallest absolute Gasteiger partial charge is 0.259 e.